The van der Waals surface area contributed by atoms with Gasteiger partial charge in [0.1, 0.15) is 6.61 Å². The Morgan fingerprint density at radius 1 is 1.00 bits per heavy atom. The summed E-state index contributed by atoms with van der Waals surface area (Å²) in [6, 6.07) is 16.2. The molecule has 5 atom stereocenters. The molecule has 2 aromatic rings. The number of carboxylic acids is 1. The molecule has 0 heterocycles. The van der Waals surface area contributed by atoms with Crippen LogP contribution in [0, 0.1) is 17.8 Å². The number of hydrogen-bond acceptors (Lipinski definition) is 4. The van der Waals surface area contributed by atoms with E-state index in [0.29, 0.717) is 18.8 Å². The number of carbonyl (C=O) groups excluding carboxylic acids is 2. The Morgan fingerprint density at radius 3 is 2.29 bits per heavy atom. The topological polar surface area (TPSA) is 105 Å². The summed E-state index contributed by atoms with van der Waals surface area (Å²) in [7, 11) is 0. The summed E-state index contributed by atoms with van der Waals surface area (Å²) in [6.45, 7) is 2.16. The molecule has 35 heavy (non-hydrogen) atoms. The van der Waals surface area contributed by atoms with Crippen LogP contribution < -0.4 is 10.6 Å². The first-order valence-electron chi connectivity index (χ1n) is 12.6. The lowest BCUT2D eigenvalue weighted by Gasteiger charge is -2.40. The second kappa shape index (κ2) is 9.72. The number of ether oxygens (including phenoxy) is 1. The van der Waals surface area contributed by atoms with E-state index in [1.54, 1.807) is 0 Å². The average molecular weight is 477 g/mol. The van der Waals surface area contributed by atoms with Crippen molar-refractivity contribution in [2.24, 2.45) is 17.8 Å². The summed E-state index contributed by atoms with van der Waals surface area (Å²) >= 11 is 0. The monoisotopic (exact) mass is 476 g/mol. The maximum atomic E-state index is 12.7. The van der Waals surface area contributed by atoms with Crippen LogP contribution in [-0.4, -0.2) is 41.8 Å². The van der Waals surface area contributed by atoms with Gasteiger partial charge in [-0.3, -0.25) is 9.59 Å². The molecule has 3 N–H and O–H groups in total. The standard InChI is InChI=1S/C28H32N2O5/c1-2-18(14-26(31)32)29-27(33)17-11-16-13-25(23(16)12-17)30-28(34)35-15-24-21-9-5-3-7-19(21)20-8-4-6-10-22(20)24/h3-10,16-18,23-25H,2,11-15H2,1H3,(H,29,33)(H,30,34)(H,31,32). The van der Waals surface area contributed by atoms with Gasteiger partial charge in [0.15, 0.2) is 0 Å². The van der Waals surface area contributed by atoms with Crippen molar-refractivity contribution in [2.75, 3.05) is 6.61 Å². The average Bonchev–Trinajstić information content (AvgIpc) is 3.35. The van der Waals surface area contributed by atoms with E-state index >= 15 is 0 Å². The second-order valence-corrected chi connectivity index (χ2v) is 10.1. The number of carbonyl (C=O) groups is 3. The normalized spacial score (nSPS) is 24.9. The van der Waals surface area contributed by atoms with Crippen molar-refractivity contribution in [1.29, 1.82) is 0 Å². The van der Waals surface area contributed by atoms with Crippen LogP contribution in [0.3, 0.4) is 0 Å². The molecular weight excluding hydrogens is 444 g/mol. The summed E-state index contributed by atoms with van der Waals surface area (Å²) in [5, 5.41) is 14.9. The van der Waals surface area contributed by atoms with Crippen LogP contribution in [0.5, 0.6) is 0 Å². The summed E-state index contributed by atoms with van der Waals surface area (Å²) in [4.78, 5) is 36.3. The van der Waals surface area contributed by atoms with Crippen LogP contribution in [0.15, 0.2) is 48.5 Å². The molecular formula is C28H32N2O5. The number of fused-ring (bicyclic) bond motifs is 4. The van der Waals surface area contributed by atoms with Crippen LogP contribution in [0.1, 0.15) is 56.1 Å². The van der Waals surface area contributed by atoms with E-state index in [1.807, 2.05) is 31.2 Å². The molecule has 2 aromatic carbocycles. The maximum Gasteiger partial charge on any atom is 0.407 e. The first-order chi connectivity index (χ1) is 16.9. The minimum atomic E-state index is -0.906. The van der Waals surface area contributed by atoms with Gasteiger partial charge in [-0.15, -0.1) is 0 Å². The molecule has 184 valence electrons. The molecule has 0 saturated heterocycles. The van der Waals surface area contributed by atoms with E-state index in [2.05, 4.69) is 34.9 Å². The van der Waals surface area contributed by atoms with Crippen molar-refractivity contribution in [3.63, 3.8) is 0 Å². The largest absolute Gasteiger partial charge is 0.481 e. The number of nitrogens with one attached hydrogen (secondary N) is 2. The molecule has 0 bridgehead atoms. The highest BCUT2D eigenvalue weighted by atomic mass is 16.5. The highest BCUT2D eigenvalue weighted by Gasteiger charge is 2.50. The third kappa shape index (κ3) is 4.64. The van der Waals surface area contributed by atoms with Gasteiger partial charge in [-0.2, -0.15) is 0 Å². The molecule has 2 fully saturated rings. The summed E-state index contributed by atoms with van der Waals surface area (Å²) in [6.07, 6.45) is 2.48. The van der Waals surface area contributed by atoms with E-state index in [-0.39, 0.29) is 48.8 Å². The van der Waals surface area contributed by atoms with Crippen molar-refractivity contribution < 1.29 is 24.2 Å². The quantitative estimate of drug-likeness (QED) is 0.527. The van der Waals surface area contributed by atoms with Gasteiger partial charge in [0.2, 0.25) is 5.91 Å². The van der Waals surface area contributed by atoms with Crippen molar-refractivity contribution >= 4 is 18.0 Å². The van der Waals surface area contributed by atoms with Crippen LogP contribution in [0.2, 0.25) is 0 Å². The van der Waals surface area contributed by atoms with E-state index < -0.39 is 12.1 Å². The Balaban J connectivity index is 1.12. The number of rotatable bonds is 8. The number of amides is 2. The van der Waals surface area contributed by atoms with Gasteiger partial charge in [0.25, 0.3) is 0 Å². The first-order valence-corrected chi connectivity index (χ1v) is 12.6. The number of hydrogen-bond donors (Lipinski definition) is 3. The summed E-state index contributed by atoms with van der Waals surface area (Å²) < 4.78 is 5.69. The molecule has 0 spiro atoms. The second-order valence-electron chi connectivity index (χ2n) is 10.1. The number of aliphatic carboxylic acids is 1. The fourth-order valence-electron chi connectivity index (χ4n) is 6.23. The third-order valence-corrected chi connectivity index (χ3v) is 8.10. The van der Waals surface area contributed by atoms with Crippen molar-refractivity contribution in [3.8, 4) is 11.1 Å². The van der Waals surface area contributed by atoms with E-state index in [4.69, 9.17) is 9.84 Å². The third-order valence-electron chi connectivity index (χ3n) is 8.10. The lowest BCUT2D eigenvalue weighted by atomic mass is 9.71. The molecule has 5 unspecified atom stereocenters. The fourth-order valence-corrected chi connectivity index (χ4v) is 6.23. The van der Waals surface area contributed by atoms with Gasteiger partial charge in [0, 0.05) is 23.9 Å². The van der Waals surface area contributed by atoms with Crippen LogP contribution in [0.4, 0.5) is 4.79 Å². The number of alkyl carbamates (subject to hydrolysis) is 1. The highest BCUT2D eigenvalue weighted by Crippen LogP contribution is 2.50. The molecule has 0 radical (unpaired) electrons. The van der Waals surface area contributed by atoms with Crippen LogP contribution >= 0.6 is 0 Å². The molecule has 3 aliphatic rings. The first kappa shape index (κ1) is 23.4. The maximum absolute atomic E-state index is 12.7. The molecule has 0 aromatic heterocycles. The molecule has 2 amide bonds. The van der Waals surface area contributed by atoms with E-state index in [9.17, 15) is 14.4 Å². The van der Waals surface area contributed by atoms with Crippen LogP contribution in [0.25, 0.3) is 11.1 Å². The van der Waals surface area contributed by atoms with Crippen molar-refractivity contribution in [2.45, 2.75) is 57.0 Å². The Labute approximate surface area is 205 Å². The van der Waals surface area contributed by atoms with Crippen LogP contribution in [-0.2, 0) is 14.3 Å². The molecule has 5 rings (SSSR count). The zero-order valence-corrected chi connectivity index (χ0v) is 19.9. The van der Waals surface area contributed by atoms with Gasteiger partial charge in [-0.1, -0.05) is 55.5 Å². The summed E-state index contributed by atoms with van der Waals surface area (Å²) in [5.41, 5.74) is 4.76. The zero-order chi connectivity index (χ0) is 24.5. The minimum Gasteiger partial charge on any atom is -0.481 e. The van der Waals surface area contributed by atoms with Gasteiger partial charge >= 0.3 is 12.1 Å². The minimum absolute atomic E-state index is 0.0226. The summed E-state index contributed by atoms with van der Waals surface area (Å²) in [5.74, 6) is -0.375. The van der Waals surface area contributed by atoms with E-state index in [1.165, 1.54) is 22.3 Å². The molecule has 7 nitrogen and oxygen atoms in total. The van der Waals surface area contributed by atoms with Gasteiger partial charge in [-0.25, -0.2) is 4.79 Å². The van der Waals surface area contributed by atoms with Gasteiger partial charge < -0.3 is 20.5 Å². The molecule has 0 aliphatic heterocycles. The van der Waals surface area contributed by atoms with Gasteiger partial charge in [-0.05, 0) is 59.8 Å². The highest BCUT2D eigenvalue weighted by molar-refractivity contribution is 5.81. The Morgan fingerprint density at radius 2 is 1.66 bits per heavy atom. The molecule has 2 saturated carbocycles. The Kier molecular flexibility index (Phi) is 6.50. The molecule has 3 aliphatic carbocycles. The predicted octanol–water partition coefficient (Wildman–Crippen LogP) is 4.31. The molecule has 7 heteroatoms. The zero-order valence-electron chi connectivity index (χ0n) is 19.9. The number of carboxylic acid groups (broad SMARTS) is 1. The number of benzene rings is 2. The Bertz CT molecular complexity index is 1090. The van der Waals surface area contributed by atoms with Gasteiger partial charge in [0.05, 0.1) is 6.42 Å². The predicted molar refractivity (Wildman–Crippen MR) is 131 cm³/mol. The fraction of sp³-hybridized carbons (Fsp3) is 0.464. The lowest BCUT2D eigenvalue weighted by Crippen LogP contribution is -2.50. The van der Waals surface area contributed by atoms with Crippen molar-refractivity contribution in [3.05, 3.63) is 59.7 Å². The Hall–Kier alpha value is -3.35. The lowest BCUT2D eigenvalue weighted by molar-refractivity contribution is -0.137. The van der Waals surface area contributed by atoms with E-state index in [0.717, 1.165) is 12.8 Å². The smallest absolute Gasteiger partial charge is 0.407 e. The van der Waals surface area contributed by atoms with Crippen molar-refractivity contribution in [1.82, 2.24) is 10.6 Å². The SMILES string of the molecule is CCC(CC(=O)O)NC(=O)C1CC2CC(NC(=O)OCC3c4ccccc4-c4ccccc43)C2C1.